The highest BCUT2D eigenvalue weighted by molar-refractivity contribution is 5.87. The molecule has 0 heterocycles. The normalized spacial score (nSPS) is 12.3. The second-order valence-electron chi connectivity index (χ2n) is 4.52. The van der Waals surface area contributed by atoms with Gasteiger partial charge in [0.2, 0.25) is 0 Å². The van der Waals surface area contributed by atoms with Crippen LogP contribution >= 0.6 is 0 Å². The van der Waals surface area contributed by atoms with Crippen molar-refractivity contribution in [2.75, 3.05) is 13.2 Å². The molecule has 6 nitrogen and oxygen atoms in total. The van der Waals surface area contributed by atoms with Gasteiger partial charge in [-0.3, -0.25) is 9.59 Å². The number of esters is 1. The molecule has 0 aliphatic carbocycles. The maximum absolute atomic E-state index is 12.6. The number of rotatable bonds is 6. The lowest BCUT2D eigenvalue weighted by Crippen LogP contribution is -2.54. The molecule has 0 spiro atoms. The first-order valence-electron chi connectivity index (χ1n) is 5.88. The minimum absolute atomic E-state index is 0.0573. The van der Waals surface area contributed by atoms with Crippen molar-refractivity contribution in [3.63, 3.8) is 0 Å². The third-order valence-electron chi connectivity index (χ3n) is 2.41. The van der Waals surface area contributed by atoms with Gasteiger partial charge < -0.3 is 14.7 Å². The van der Waals surface area contributed by atoms with Crippen molar-refractivity contribution in [3.8, 4) is 0 Å². The summed E-state index contributed by atoms with van der Waals surface area (Å²) in [5, 5.41) is 8.52. The van der Waals surface area contributed by atoms with Gasteiger partial charge in [-0.2, -0.15) is 13.2 Å². The van der Waals surface area contributed by atoms with Gasteiger partial charge in [0.15, 0.2) is 0 Å². The molecule has 0 aromatic heterocycles. The molecule has 0 radical (unpaired) electrons. The van der Waals surface area contributed by atoms with E-state index in [9.17, 15) is 27.6 Å². The van der Waals surface area contributed by atoms with Crippen molar-refractivity contribution in [3.05, 3.63) is 12.2 Å². The molecule has 0 rings (SSSR count). The highest BCUT2D eigenvalue weighted by atomic mass is 19.4. The number of amides is 1. The lowest BCUT2D eigenvalue weighted by atomic mass is 10.0. The highest BCUT2D eigenvalue weighted by Gasteiger charge is 2.47. The Morgan fingerprint density at radius 1 is 1.24 bits per heavy atom. The average Bonchev–Trinajstić information content (AvgIpc) is 2.32. The molecule has 1 N–H and O–H groups in total. The van der Waals surface area contributed by atoms with Crippen molar-refractivity contribution in [1.29, 1.82) is 0 Å². The highest BCUT2D eigenvalue weighted by Crippen LogP contribution is 2.25. The Kier molecular flexibility index (Phi) is 6.40. The molecule has 0 fully saturated rings. The summed E-state index contributed by atoms with van der Waals surface area (Å²) in [4.78, 5) is 33.4. The van der Waals surface area contributed by atoms with E-state index >= 15 is 0 Å². The molecule has 0 saturated heterocycles. The van der Waals surface area contributed by atoms with Crippen molar-refractivity contribution < 1.29 is 37.4 Å². The van der Waals surface area contributed by atoms with Gasteiger partial charge in [-0.15, -0.1) is 0 Å². The van der Waals surface area contributed by atoms with Crippen molar-refractivity contribution in [2.45, 2.75) is 32.5 Å². The number of aliphatic carboxylic acids is 1. The fourth-order valence-corrected chi connectivity index (χ4v) is 1.39. The zero-order chi connectivity index (χ0) is 16.8. The lowest BCUT2D eigenvalue weighted by Gasteiger charge is -2.35. The molecule has 0 atom stereocenters. The smallest absolute Gasteiger partial charge is 0.471 e. The Morgan fingerprint density at radius 2 is 1.76 bits per heavy atom. The predicted molar refractivity (Wildman–Crippen MR) is 65.3 cm³/mol. The number of carboxylic acid groups (broad SMARTS) is 1. The van der Waals surface area contributed by atoms with Gasteiger partial charge in [0.1, 0.15) is 6.54 Å². The van der Waals surface area contributed by atoms with Crippen LogP contribution in [-0.2, 0) is 19.1 Å². The first-order chi connectivity index (χ1) is 9.41. The summed E-state index contributed by atoms with van der Waals surface area (Å²) < 4.78 is 42.3. The zero-order valence-electron chi connectivity index (χ0n) is 11.7. The predicted octanol–water partition coefficient (Wildman–Crippen LogP) is 1.36. The van der Waals surface area contributed by atoms with Crippen molar-refractivity contribution >= 4 is 17.8 Å². The molecule has 21 heavy (non-hydrogen) atoms. The summed E-state index contributed by atoms with van der Waals surface area (Å²) in [6, 6.07) is 0. The summed E-state index contributed by atoms with van der Waals surface area (Å²) in [5.41, 5.74) is -1.64. The Morgan fingerprint density at radius 3 is 2.14 bits per heavy atom. The first-order valence-corrected chi connectivity index (χ1v) is 5.88. The van der Waals surface area contributed by atoms with Crippen LogP contribution in [-0.4, -0.2) is 52.7 Å². The number of hydrogen-bond acceptors (Lipinski definition) is 4. The molecule has 9 heteroatoms. The van der Waals surface area contributed by atoms with Gasteiger partial charge in [0, 0.05) is 6.08 Å². The molecular formula is C12H16F3NO5. The number of carbonyl (C=O) groups excluding carboxylic acids is 2. The molecule has 0 aliphatic heterocycles. The van der Waals surface area contributed by atoms with Gasteiger partial charge in [-0.25, -0.2) is 4.79 Å². The van der Waals surface area contributed by atoms with E-state index in [2.05, 4.69) is 4.74 Å². The minimum atomic E-state index is -5.19. The van der Waals surface area contributed by atoms with E-state index in [4.69, 9.17) is 5.11 Å². The summed E-state index contributed by atoms with van der Waals surface area (Å²) in [6.45, 7) is 2.81. The molecule has 0 bridgehead atoms. The third kappa shape index (κ3) is 6.28. The fraction of sp³-hybridized carbons (Fsp3) is 0.583. The third-order valence-corrected chi connectivity index (χ3v) is 2.41. The van der Waals surface area contributed by atoms with Gasteiger partial charge >= 0.3 is 24.0 Å². The van der Waals surface area contributed by atoms with Crippen LogP contribution in [0.2, 0.25) is 0 Å². The number of halogens is 3. The number of carboxylic acids is 1. The van der Waals surface area contributed by atoms with E-state index in [1.165, 1.54) is 20.8 Å². The maximum Gasteiger partial charge on any atom is 0.471 e. The van der Waals surface area contributed by atoms with Gasteiger partial charge in [0.05, 0.1) is 12.1 Å². The monoisotopic (exact) mass is 311 g/mol. The molecule has 0 aromatic rings. The largest absolute Gasteiger partial charge is 0.478 e. The van der Waals surface area contributed by atoms with Crippen LogP contribution in [0.15, 0.2) is 12.2 Å². The molecule has 120 valence electrons. The van der Waals surface area contributed by atoms with E-state index in [-0.39, 0.29) is 11.5 Å². The Labute approximate surface area is 119 Å². The number of hydrogen-bond donors (Lipinski definition) is 1. The van der Waals surface area contributed by atoms with Gasteiger partial charge in [-0.1, -0.05) is 6.08 Å². The molecule has 0 saturated carbocycles. The average molecular weight is 311 g/mol. The summed E-state index contributed by atoms with van der Waals surface area (Å²) in [6.07, 6.45) is -3.71. The van der Waals surface area contributed by atoms with Crippen LogP contribution in [0.1, 0.15) is 20.8 Å². The summed E-state index contributed by atoms with van der Waals surface area (Å²) in [7, 11) is 0. The van der Waals surface area contributed by atoms with E-state index in [1.807, 2.05) is 0 Å². The van der Waals surface area contributed by atoms with Crippen molar-refractivity contribution in [2.24, 2.45) is 0 Å². The van der Waals surface area contributed by atoms with E-state index in [0.717, 1.165) is 6.08 Å². The maximum atomic E-state index is 12.6. The van der Waals surface area contributed by atoms with Crippen LogP contribution in [0.3, 0.4) is 0 Å². The second kappa shape index (κ2) is 7.09. The summed E-state index contributed by atoms with van der Waals surface area (Å²) in [5.74, 6) is -4.67. The van der Waals surface area contributed by atoms with Crippen LogP contribution < -0.4 is 0 Å². The topological polar surface area (TPSA) is 83.9 Å². The van der Waals surface area contributed by atoms with E-state index in [1.54, 1.807) is 0 Å². The van der Waals surface area contributed by atoms with E-state index < -0.39 is 36.1 Å². The molecule has 1 amide bonds. The molecule has 0 aromatic carbocycles. The molecule has 0 aliphatic rings. The minimum Gasteiger partial charge on any atom is -0.478 e. The van der Waals surface area contributed by atoms with Crippen LogP contribution in [0.25, 0.3) is 0 Å². The van der Waals surface area contributed by atoms with Crippen LogP contribution in [0, 0.1) is 0 Å². The van der Waals surface area contributed by atoms with E-state index in [0.29, 0.717) is 6.08 Å². The Bertz CT molecular complexity index is 443. The lowest BCUT2D eigenvalue weighted by molar-refractivity contribution is -0.191. The Hall–Kier alpha value is -2.06. The summed E-state index contributed by atoms with van der Waals surface area (Å²) >= 11 is 0. The van der Waals surface area contributed by atoms with Crippen molar-refractivity contribution in [1.82, 2.24) is 4.90 Å². The number of carbonyl (C=O) groups is 3. The fourth-order valence-electron chi connectivity index (χ4n) is 1.39. The number of alkyl halides is 3. The van der Waals surface area contributed by atoms with Crippen LogP contribution in [0.4, 0.5) is 13.2 Å². The molecule has 0 unspecified atom stereocenters. The van der Waals surface area contributed by atoms with Gasteiger partial charge in [0.25, 0.3) is 0 Å². The second-order valence-corrected chi connectivity index (χ2v) is 4.52. The quantitative estimate of drug-likeness (QED) is 0.591. The first kappa shape index (κ1) is 18.9. The SMILES string of the molecule is CCOC(=O)CN(C(=O)C(F)(F)F)C(C)(C)/C=C/C(=O)O. The zero-order valence-corrected chi connectivity index (χ0v) is 11.7. The number of ether oxygens (including phenoxy) is 1. The van der Waals surface area contributed by atoms with Gasteiger partial charge in [-0.05, 0) is 20.8 Å². The Balaban J connectivity index is 5.44. The van der Waals surface area contributed by atoms with Crippen LogP contribution in [0.5, 0.6) is 0 Å². The molecular weight excluding hydrogens is 295 g/mol. The number of nitrogens with zero attached hydrogens (tertiary/aromatic N) is 1. The standard InChI is InChI=1S/C12H16F3NO5/c1-4-21-9(19)7-16(10(20)12(13,14)15)11(2,3)6-5-8(17)18/h5-6H,4,7H2,1-3H3,(H,17,18)/b6-5+.